The molecular formula is C26H26N8O2. The Hall–Kier alpha value is -4.44. The first kappa shape index (κ1) is 22.1. The number of carbonyl (C=O) groups excluding carboxylic acids is 2. The fourth-order valence-electron chi connectivity index (χ4n) is 4.72. The minimum atomic E-state index is -0.264. The summed E-state index contributed by atoms with van der Waals surface area (Å²) < 4.78 is 1.54. The number of hydrogen-bond acceptors (Lipinski definition) is 6. The van der Waals surface area contributed by atoms with Crippen LogP contribution >= 0.6 is 0 Å². The molecule has 1 amide bonds. The molecule has 3 aromatic heterocycles. The van der Waals surface area contributed by atoms with Crippen LogP contribution in [0.5, 0.6) is 0 Å². The zero-order valence-corrected chi connectivity index (χ0v) is 20.1. The normalized spacial score (nSPS) is 14.7. The van der Waals surface area contributed by atoms with E-state index in [1.165, 1.54) is 6.20 Å². The number of imidazole rings is 1. The molecule has 4 N–H and O–H groups in total. The van der Waals surface area contributed by atoms with Gasteiger partial charge in [0.05, 0.1) is 34.2 Å². The summed E-state index contributed by atoms with van der Waals surface area (Å²) >= 11 is 0. The predicted molar refractivity (Wildman–Crippen MR) is 137 cm³/mol. The Morgan fingerprint density at radius 1 is 0.972 bits per heavy atom. The molecule has 1 fully saturated rings. The van der Waals surface area contributed by atoms with Gasteiger partial charge in [-0.1, -0.05) is 0 Å². The molecule has 182 valence electrons. The van der Waals surface area contributed by atoms with Crippen LogP contribution in [0.25, 0.3) is 27.6 Å². The standard InChI is InChI=1S/C26H26N8O2/c1-15-29-21-6-4-18(13-22(21)30-15)34-25(27)19(14-28-34)24(35)23-12-17-11-16(3-5-20(17)31-23)26(36)33-9-7-32(2)8-10-33/h3-6,11-14,31H,7-10,27H2,1-2H3,(H,29,30). The van der Waals surface area contributed by atoms with Gasteiger partial charge in [0, 0.05) is 42.6 Å². The highest BCUT2D eigenvalue weighted by Gasteiger charge is 2.22. The number of fused-ring (bicyclic) bond motifs is 2. The topological polar surface area (TPSA) is 129 Å². The second-order valence-corrected chi connectivity index (χ2v) is 9.29. The van der Waals surface area contributed by atoms with Crippen molar-refractivity contribution in [2.24, 2.45) is 0 Å². The molecule has 0 bridgehead atoms. The zero-order chi connectivity index (χ0) is 25.0. The number of anilines is 1. The van der Waals surface area contributed by atoms with E-state index in [1.54, 1.807) is 16.8 Å². The van der Waals surface area contributed by atoms with Crippen LogP contribution in [0.2, 0.25) is 0 Å². The lowest BCUT2D eigenvalue weighted by Gasteiger charge is -2.32. The summed E-state index contributed by atoms with van der Waals surface area (Å²) in [6.07, 6.45) is 1.48. The van der Waals surface area contributed by atoms with E-state index in [-0.39, 0.29) is 17.5 Å². The summed E-state index contributed by atoms with van der Waals surface area (Å²) in [5.74, 6) is 0.813. The van der Waals surface area contributed by atoms with Crippen LogP contribution in [0.3, 0.4) is 0 Å². The third kappa shape index (κ3) is 3.72. The predicted octanol–water partition coefficient (Wildman–Crippen LogP) is 2.74. The fraction of sp³-hybridized carbons (Fsp3) is 0.231. The Labute approximate surface area is 206 Å². The number of ketones is 1. The van der Waals surface area contributed by atoms with Gasteiger partial charge in [0.2, 0.25) is 5.78 Å². The maximum absolute atomic E-state index is 13.3. The molecule has 1 aliphatic rings. The SMILES string of the molecule is Cc1nc2ccc(-n3ncc(C(=O)c4cc5cc(C(=O)N6CCN(C)CC6)ccc5[nH]4)c3N)cc2[nH]1. The number of aryl methyl sites for hydroxylation is 1. The number of nitrogens with two attached hydrogens (primary N) is 1. The number of rotatable bonds is 4. The number of aromatic nitrogens is 5. The number of aromatic amines is 2. The van der Waals surface area contributed by atoms with Crippen LogP contribution in [-0.4, -0.2) is 79.4 Å². The highest BCUT2D eigenvalue weighted by Crippen LogP contribution is 2.25. The Kier molecular flexibility index (Phi) is 5.11. The summed E-state index contributed by atoms with van der Waals surface area (Å²) in [6.45, 7) is 5.04. The quantitative estimate of drug-likeness (QED) is 0.338. The number of amides is 1. The monoisotopic (exact) mass is 482 g/mol. The molecule has 1 aliphatic heterocycles. The summed E-state index contributed by atoms with van der Waals surface area (Å²) in [5.41, 5.74) is 10.9. The molecule has 36 heavy (non-hydrogen) atoms. The minimum Gasteiger partial charge on any atom is -0.383 e. The minimum absolute atomic E-state index is 0.00836. The summed E-state index contributed by atoms with van der Waals surface area (Å²) in [4.78, 5) is 41.2. The van der Waals surface area contributed by atoms with Crippen LogP contribution in [0.1, 0.15) is 32.2 Å². The molecule has 10 nitrogen and oxygen atoms in total. The number of H-pyrrole nitrogens is 2. The van der Waals surface area contributed by atoms with Crippen LogP contribution in [0.4, 0.5) is 5.82 Å². The van der Waals surface area contributed by atoms with Gasteiger partial charge in [0.1, 0.15) is 11.6 Å². The number of nitrogen functional groups attached to an aromatic ring is 1. The number of nitrogens with one attached hydrogen (secondary N) is 2. The van der Waals surface area contributed by atoms with Gasteiger partial charge in [0.15, 0.2) is 0 Å². The molecule has 4 heterocycles. The lowest BCUT2D eigenvalue weighted by Crippen LogP contribution is -2.47. The first-order chi connectivity index (χ1) is 17.4. The number of likely N-dealkylation sites (N-methyl/N-ethyl adjacent to an activating group) is 1. The fourth-order valence-corrected chi connectivity index (χ4v) is 4.72. The third-order valence-electron chi connectivity index (χ3n) is 6.78. The van der Waals surface area contributed by atoms with Crippen molar-refractivity contribution in [1.82, 2.24) is 34.5 Å². The van der Waals surface area contributed by atoms with Crippen molar-refractivity contribution in [3.05, 3.63) is 71.3 Å². The number of benzene rings is 2. The Bertz CT molecular complexity index is 1630. The van der Waals surface area contributed by atoms with Gasteiger partial charge in [-0.2, -0.15) is 5.10 Å². The average Bonchev–Trinajstić information content (AvgIpc) is 3.58. The lowest BCUT2D eigenvalue weighted by molar-refractivity contribution is 0.0664. The molecule has 2 aromatic carbocycles. The molecular weight excluding hydrogens is 456 g/mol. The summed E-state index contributed by atoms with van der Waals surface area (Å²) in [7, 11) is 2.06. The van der Waals surface area contributed by atoms with Crippen molar-refractivity contribution >= 4 is 39.4 Å². The van der Waals surface area contributed by atoms with E-state index in [2.05, 4.69) is 32.0 Å². The van der Waals surface area contributed by atoms with Crippen molar-refractivity contribution in [2.75, 3.05) is 39.0 Å². The van der Waals surface area contributed by atoms with Crippen molar-refractivity contribution in [1.29, 1.82) is 0 Å². The maximum Gasteiger partial charge on any atom is 0.253 e. The van der Waals surface area contributed by atoms with E-state index in [0.717, 1.165) is 46.5 Å². The van der Waals surface area contributed by atoms with E-state index in [9.17, 15) is 9.59 Å². The van der Waals surface area contributed by atoms with Crippen LogP contribution < -0.4 is 5.73 Å². The van der Waals surface area contributed by atoms with E-state index >= 15 is 0 Å². The maximum atomic E-state index is 13.3. The molecule has 5 aromatic rings. The number of carbonyl (C=O) groups is 2. The van der Waals surface area contributed by atoms with E-state index < -0.39 is 0 Å². The Morgan fingerprint density at radius 2 is 1.78 bits per heavy atom. The van der Waals surface area contributed by atoms with Gasteiger partial charge in [-0.3, -0.25) is 9.59 Å². The van der Waals surface area contributed by atoms with Gasteiger partial charge in [-0.15, -0.1) is 0 Å². The molecule has 0 unspecified atom stereocenters. The van der Waals surface area contributed by atoms with Gasteiger partial charge < -0.3 is 25.5 Å². The van der Waals surface area contributed by atoms with Crippen LogP contribution in [0, 0.1) is 6.92 Å². The second-order valence-electron chi connectivity index (χ2n) is 9.29. The molecule has 0 aliphatic carbocycles. The van der Waals surface area contributed by atoms with Crippen molar-refractivity contribution < 1.29 is 9.59 Å². The van der Waals surface area contributed by atoms with Crippen LogP contribution in [-0.2, 0) is 0 Å². The molecule has 1 saturated heterocycles. The first-order valence-corrected chi connectivity index (χ1v) is 11.8. The zero-order valence-electron chi connectivity index (χ0n) is 20.1. The van der Waals surface area contributed by atoms with Gasteiger partial charge in [-0.05, 0) is 56.4 Å². The third-order valence-corrected chi connectivity index (χ3v) is 6.78. The Morgan fingerprint density at radius 3 is 2.58 bits per heavy atom. The summed E-state index contributed by atoms with van der Waals surface area (Å²) in [5, 5.41) is 5.16. The average molecular weight is 483 g/mol. The largest absolute Gasteiger partial charge is 0.383 e. The molecule has 0 atom stereocenters. The Balaban J connectivity index is 1.27. The van der Waals surface area contributed by atoms with Crippen molar-refractivity contribution in [2.45, 2.75) is 6.92 Å². The van der Waals surface area contributed by atoms with E-state index in [1.807, 2.05) is 42.2 Å². The van der Waals surface area contributed by atoms with Crippen LogP contribution in [0.15, 0.2) is 48.7 Å². The smallest absolute Gasteiger partial charge is 0.253 e. The summed E-state index contributed by atoms with van der Waals surface area (Å²) in [6, 6.07) is 12.9. The molecule has 0 spiro atoms. The molecule has 10 heteroatoms. The number of piperazine rings is 1. The van der Waals surface area contributed by atoms with Gasteiger partial charge in [0.25, 0.3) is 5.91 Å². The van der Waals surface area contributed by atoms with Crippen molar-refractivity contribution in [3.8, 4) is 5.69 Å². The van der Waals surface area contributed by atoms with Gasteiger partial charge >= 0.3 is 0 Å². The van der Waals surface area contributed by atoms with E-state index in [4.69, 9.17) is 5.73 Å². The molecule has 6 rings (SSSR count). The lowest BCUT2D eigenvalue weighted by atomic mass is 10.1. The van der Waals surface area contributed by atoms with Crippen molar-refractivity contribution in [3.63, 3.8) is 0 Å². The number of nitrogens with zero attached hydrogens (tertiary/aromatic N) is 5. The van der Waals surface area contributed by atoms with Gasteiger partial charge in [-0.25, -0.2) is 9.67 Å². The molecule has 0 radical (unpaired) electrons. The second kappa shape index (κ2) is 8.35. The first-order valence-electron chi connectivity index (χ1n) is 11.8. The molecule has 0 saturated carbocycles. The number of hydrogen-bond donors (Lipinski definition) is 3. The highest BCUT2D eigenvalue weighted by molar-refractivity contribution is 6.13. The van der Waals surface area contributed by atoms with E-state index in [0.29, 0.717) is 29.9 Å². The highest BCUT2D eigenvalue weighted by atomic mass is 16.2.